The van der Waals surface area contributed by atoms with Gasteiger partial charge >= 0.3 is 0 Å². The summed E-state index contributed by atoms with van der Waals surface area (Å²) in [6, 6.07) is 64.3. The lowest BCUT2D eigenvalue weighted by atomic mass is 10.0. The Morgan fingerprint density at radius 2 is 0.629 bits per heavy atom. The summed E-state index contributed by atoms with van der Waals surface area (Å²) in [5, 5.41) is 89.4. The molecule has 0 heterocycles. The van der Waals surface area contributed by atoms with Gasteiger partial charge in [-0.05, 0) is 369 Å². The molecule has 12 rings (SSSR count). The van der Waals surface area contributed by atoms with Crippen molar-refractivity contribution in [2.75, 3.05) is 42.3 Å². The van der Waals surface area contributed by atoms with E-state index in [1.54, 1.807) is 154 Å². The van der Waals surface area contributed by atoms with E-state index in [9.17, 15) is 63.7 Å². The van der Waals surface area contributed by atoms with Crippen molar-refractivity contribution in [3.63, 3.8) is 0 Å². The predicted molar refractivity (Wildman–Crippen MR) is 537 cm³/mol. The number of nitrogens with one attached hydrogen (secondary N) is 6. The lowest BCUT2D eigenvalue weighted by molar-refractivity contribution is 0.0817. The van der Waals surface area contributed by atoms with Crippen molar-refractivity contribution in [1.82, 2.24) is 14.7 Å². The summed E-state index contributed by atoms with van der Waals surface area (Å²) in [6.07, 6.45) is 12.8. The van der Waals surface area contributed by atoms with Crippen LogP contribution in [0.25, 0.3) is 0 Å². The average molecular weight is 1930 g/mol. The number of carbonyl (C=O) groups is 2. The Balaban J connectivity index is 0.000000330. The Morgan fingerprint density at radius 3 is 1.04 bits per heavy atom. The first kappa shape index (κ1) is 118. The van der Waals surface area contributed by atoms with Crippen LogP contribution < -0.4 is 14.2 Å². The summed E-state index contributed by atoms with van der Waals surface area (Å²) in [6.45, 7) is 11.3. The molecule has 0 bridgehead atoms. The molecule has 0 saturated carbocycles. The minimum absolute atomic E-state index is 0.0356. The molecular weight excluding hydrogens is 1800 g/mol. The van der Waals surface area contributed by atoms with Crippen LogP contribution in [0.15, 0.2) is 255 Å². The first-order valence-corrected chi connectivity index (χ1v) is 45.1. The van der Waals surface area contributed by atoms with Gasteiger partial charge in [0.25, 0.3) is 11.8 Å². The second-order valence-electron chi connectivity index (χ2n) is 33.4. The Morgan fingerprint density at radius 1 is 0.279 bits per heavy atom. The van der Waals surface area contributed by atoms with Crippen molar-refractivity contribution in [1.29, 1.82) is 32.5 Å². The fourth-order valence-corrected chi connectivity index (χ4v) is 12.7. The van der Waals surface area contributed by atoms with E-state index >= 15 is 0 Å². The molecule has 12 aromatic carbocycles. The summed E-state index contributed by atoms with van der Waals surface area (Å²) < 4.78 is 145. The van der Waals surface area contributed by atoms with Crippen LogP contribution in [-0.2, 0) is 45.1 Å². The normalized spacial score (nSPS) is 10.2. The average Bonchev–Trinajstić information content (AvgIpc) is 0.840. The lowest BCUT2D eigenvalue weighted by Crippen LogP contribution is -2.22. The number of aryl methyl sites for hydroxylation is 6. The Bertz CT molecular complexity index is 5710. The lowest BCUT2D eigenvalue weighted by Gasteiger charge is -2.14. The fourth-order valence-electron chi connectivity index (χ4n) is 12.7. The Hall–Kier alpha value is -14.7. The highest BCUT2D eigenvalue weighted by Gasteiger charge is 2.18. The van der Waals surface area contributed by atoms with Crippen molar-refractivity contribution in [3.05, 3.63) is 363 Å². The van der Waals surface area contributed by atoms with Gasteiger partial charge in [0.1, 0.15) is 98.4 Å². The molecule has 0 aliphatic heterocycles. The summed E-state index contributed by atoms with van der Waals surface area (Å²) in [4.78, 5) is 29.0. The predicted octanol–water partition coefficient (Wildman–Crippen LogP) is 28.1. The molecule has 0 aliphatic carbocycles. The molecule has 0 fully saturated rings. The number of phenolic OH excluding ortho intramolecular Hbond substituents is 5. The summed E-state index contributed by atoms with van der Waals surface area (Å²) in [5.74, 6) is -2.26. The molecule has 0 aliphatic rings. The maximum absolute atomic E-state index is 13.1. The van der Waals surface area contributed by atoms with E-state index in [1.807, 2.05) is 51.4 Å². The van der Waals surface area contributed by atoms with E-state index in [2.05, 4.69) is 4.90 Å². The van der Waals surface area contributed by atoms with E-state index in [-0.39, 0.29) is 69.5 Å². The summed E-state index contributed by atoms with van der Waals surface area (Å²) >= 11 is 0. The van der Waals surface area contributed by atoms with Gasteiger partial charge < -0.3 is 86.9 Å². The van der Waals surface area contributed by atoms with Crippen LogP contribution in [0.1, 0.15) is 178 Å². The number of hydrogen-bond acceptors (Lipinski definition) is 17. The van der Waals surface area contributed by atoms with Gasteiger partial charge in [0.2, 0.25) is 0 Å². The number of benzene rings is 12. The third-order valence-electron chi connectivity index (χ3n) is 19.7. The third kappa shape index (κ3) is 49.3. The highest BCUT2D eigenvalue weighted by Crippen LogP contribution is 2.34. The highest BCUT2D eigenvalue weighted by molar-refractivity contribution is 5.97. The zero-order chi connectivity index (χ0) is 104. The van der Waals surface area contributed by atoms with Gasteiger partial charge in [-0.2, -0.15) is 0 Å². The molecule has 0 radical (unpaired) electrons. The molecular formula is C111H127F10N9O10. The highest BCUT2D eigenvalue weighted by atomic mass is 18.2. The molecule has 11 N–H and O–H groups in total. The van der Waals surface area contributed by atoms with Crippen LogP contribution in [-0.4, -0.2) is 129 Å². The first-order chi connectivity index (χ1) is 66.3. The molecule has 12 aromatic rings. The fraction of sp³-hybridized carbons (Fsp3) is 0.279. The van der Waals surface area contributed by atoms with Crippen molar-refractivity contribution in [3.8, 4) is 63.2 Å². The van der Waals surface area contributed by atoms with Gasteiger partial charge in [0.05, 0.1) is 11.1 Å². The largest absolute Gasteiger partial charge is 0.508 e. The summed E-state index contributed by atoms with van der Waals surface area (Å²) in [5.41, 5.74) is 9.85. The number of rotatable bonds is 34. The smallest absolute Gasteiger partial charge is 0.257 e. The monoisotopic (exact) mass is 1930 g/mol. The second kappa shape index (κ2) is 63.6. The van der Waals surface area contributed by atoms with Gasteiger partial charge in [0.15, 0.2) is 23.1 Å². The van der Waals surface area contributed by atoms with E-state index < -0.39 is 34.8 Å². The number of aromatic hydroxyl groups is 5. The van der Waals surface area contributed by atoms with Gasteiger partial charge in [-0.15, -0.1) is 0 Å². The summed E-state index contributed by atoms with van der Waals surface area (Å²) in [7, 11) is 10.7. The van der Waals surface area contributed by atoms with Crippen LogP contribution in [0.3, 0.4) is 0 Å². The number of amides is 2. The van der Waals surface area contributed by atoms with Crippen LogP contribution >= 0.6 is 0 Å². The standard InChI is InChI=1S/2C15H14FNO2.C15H16FNO.C11H13F2NO.C11H14FNO2.2C11H14FNO.2C11H14FN/c2*1-17(2)15(18)13-5-3-4-6-14(13)19-12-9-7-11(16)8-10-12;1-17(2)11-12-5-3-4-6-15(12)18-14-9-7-13(16)8-10-14;1-7(14)3-2-4-8-5-9(12)6-10(13)11(8)15;1-7(13)3-2-4-8-5-9(12)6-10(14)11(8)15;1-8(13)3-2-4-9-5-10(12)7-11(14)6-9;1-8(13)3-2-4-9-7-10(14)5-6-11(9)12;1-9(13)4-2-5-10-6-3-7-11(12)8-10;1-9(13)3-2-4-10-5-7-11(12)8-6-10/h2*3-10H,1-2H3;3-10H,11H2,1-2H3;5-6,14-15H,2-4H2,1H3;5-6,13-15H,2-4H2,1H3;2*5-7,13-14H,2-4H2,1H3;3,6-8,13H,2,4-5H2,1H3;5-8,13H,2-4H2,1H3/i3*16-1;12-1,13-1;5*12-1. The topological polar surface area (TPSA) is 316 Å². The SMILES string of the molecule is CC(=N)CCCc1cc(O)cc([18F])c1.CC(=N)CCCc1cc(O)ccc1[18F].CC(=N)CCCc1cc([18F])cc(O)c1O.CC(=N)CCCc1cc([18F])cc([18F])c1O.CC(=N)CCCc1ccc([18F])cc1.CC(=N)CCCc1cccc([18F])c1.CN(C)C(=O)c1ccccc1Oc1ccc([18F])cc1.CN(C)C(=O)c1ccccc1Oc1ccc([18F])cc1.CN(C)Cc1ccccc1Oc1ccc([18F])cc1. The van der Waals surface area contributed by atoms with Crippen LogP contribution in [0.2, 0.25) is 0 Å². The molecule has 0 spiro atoms. The maximum Gasteiger partial charge on any atom is 0.257 e. The van der Waals surface area contributed by atoms with Gasteiger partial charge in [-0.1, -0.05) is 66.7 Å². The number of carbonyl (C=O) groups excluding carboxylic acids is 2. The number of phenols is 5. The quantitative estimate of drug-likeness (QED) is 0.0102. The molecule has 140 heavy (non-hydrogen) atoms. The van der Waals surface area contributed by atoms with Crippen molar-refractivity contribution >= 4 is 46.1 Å². The van der Waals surface area contributed by atoms with Gasteiger partial charge in [-0.25, -0.2) is 43.9 Å². The second-order valence-corrected chi connectivity index (χ2v) is 33.4. The number of hydrogen-bond donors (Lipinski definition) is 11. The Kier molecular flexibility index (Phi) is 53.4. The minimum atomic E-state index is -0.934. The maximum atomic E-state index is 13.1. The molecule has 0 unspecified atom stereocenters. The molecule has 19 nitrogen and oxygen atoms in total. The first-order valence-electron chi connectivity index (χ1n) is 45.1. The Labute approximate surface area is 814 Å². The number of para-hydroxylation sites is 3. The molecule has 746 valence electrons. The molecule has 29 heteroatoms. The van der Waals surface area contributed by atoms with E-state index in [4.69, 9.17) is 62.0 Å². The van der Waals surface area contributed by atoms with E-state index in [0.717, 1.165) is 111 Å². The van der Waals surface area contributed by atoms with Gasteiger partial charge in [-0.3, -0.25) is 9.59 Å². The van der Waals surface area contributed by atoms with Crippen LogP contribution in [0, 0.1) is 90.6 Å². The van der Waals surface area contributed by atoms with E-state index in [1.165, 1.54) is 119 Å². The van der Waals surface area contributed by atoms with Crippen molar-refractivity contribution in [2.24, 2.45) is 0 Å². The van der Waals surface area contributed by atoms with Crippen LogP contribution in [0.4, 0.5) is 43.9 Å². The van der Waals surface area contributed by atoms with E-state index in [0.29, 0.717) is 149 Å². The molecule has 0 saturated heterocycles. The van der Waals surface area contributed by atoms with Crippen molar-refractivity contribution in [2.45, 2.75) is 164 Å². The molecule has 0 atom stereocenters. The zero-order valence-corrected chi connectivity index (χ0v) is 81.1. The zero-order valence-electron chi connectivity index (χ0n) is 81.1. The number of ether oxygens (including phenoxy) is 3. The number of nitrogens with zero attached hydrogens (tertiary/aromatic N) is 3. The van der Waals surface area contributed by atoms with Crippen LogP contribution in [0.5, 0.6) is 63.2 Å². The number of halogens is 10. The third-order valence-corrected chi connectivity index (χ3v) is 19.7. The van der Waals surface area contributed by atoms with Crippen molar-refractivity contribution < 1.29 is 93.2 Å². The molecule has 2 amide bonds. The minimum Gasteiger partial charge on any atom is -0.508 e. The molecule has 0 aromatic heterocycles. The van der Waals surface area contributed by atoms with Gasteiger partial charge in [0, 0.05) is 98.3 Å².